The Balaban J connectivity index is 1.78. The molecule has 18 heavy (non-hydrogen) atoms. The van der Waals surface area contributed by atoms with E-state index in [0.29, 0.717) is 17.9 Å². The van der Waals surface area contributed by atoms with E-state index < -0.39 is 0 Å². The maximum atomic E-state index is 12.2. The average Bonchev–Trinajstić information content (AvgIpc) is 2.92. The standard InChI is InChI=1S/C15H28N2O/c1-11(2)8-15(6-7-15)10-17-14(18)13-5-3-4-12(13)9-16/h11-13H,3-10,16H2,1-2H3,(H,17,18)/t12-,13-/m1/s1. The molecule has 0 bridgehead atoms. The number of rotatable bonds is 6. The third kappa shape index (κ3) is 3.25. The summed E-state index contributed by atoms with van der Waals surface area (Å²) in [7, 11) is 0. The third-order valence-electron chi connectivity index (χ3n) is 4.73. The quantitative estimate of drug-likeness (QED) is 0.762. The first-order valence-corrected chi connectivity index (χ1v) is 7.54. The van der Waals surface area contributed by atoms with E-state index in [4.69, 9.17) is 5.73 Å². The van der Waals surface area contributed by atoms with Gasteiger partial charge in [-0.3, -0.25) is 4.79 Å². The van der Waals surface area contributed by atoms with Crippen molar-refractivity contribution in [3.05, 3.63) is 0 Å². The molecule has 2 atom stereocenters. The van der Waals surface area contributed by atoms with Crippen LogP contribution in [0.4, 0.5) is 0 Å². The highest BCUT2D eigenvalue weighted by Gasteiger charge is 2.43. The van der Waals surface area contributed by atoms with Gasteiger partial charge in [-0.15, -0.1) is 0 Å². The van der Waals surface area contributed by atoms with E-state index in [1.54, 1.807) is 0 Å². The first-order chi connectivity index (χ1) is 8.56. The van der Waals surface area contributed by atoms with E-state index in [-0.39, 0.29) is 11.8 Å². The monoisotopic (exact) mass is 252 g/mol. The summed E-state index contributed by atoms with van der Waals surface area (Å²) in [5, 5.41) is 3.20. The molecule has 0 aromatic rings. The Morgan fingerprint density at radius 1 is 1.39 bits per heavy atom. The van der Waals surface area contributed by atoms with Crippen LogP contribution in [0.15, 0.2) is 0 Å². The van der Waals surface area contributed by atoms with Gasteiger partial charge in [0.1, 0.15) is 0 Å². The van der Waals surface area contributed by atoms with Crippen molar-refractivity contribution in [3.8, 4) is 0 Å². The molecule has 0 aromatic heterocycles. The predicted molar refractivity (Wildman–Crippen MR) is 74.0 cm³/mol. The van der Waals surface area contributed by atoms with E-state index in [2.05, 4.69) is 19.2 Å². The lowest BCUT2D eigenvalue weighted by molar-refractivity contribution is -0.126. The topological polar surface area (TPSA) is 55.1 Å². The minimum atomic E-state index is 0.185. The van der Waals surface area contributed by atoms with E-state index in [1.165, 1.54) is 19.3 Å². The van der Waals surface area contributed by atoms with Crippen LogP contribution in [0.3, 0.4) is 0 Å². The molecule has 0 heterocycles. The number of nitrogens with two attached hydrogens (primary N) is 1. The van der Waals surface area contributed by atoms with Crippen LogP contribution in [-0.4, -0.2) is 19.0 Å². The average molecular weight is 252 g/mol. The number of hydrogen-bond acceptors (Lipinski definition) is 2. The van der Waals surface area contributed by atoms with Crippen molar-refractivity contribution < 1.29 is 4.79 Å². The van der Waals surface area contributed by atoms with Gasteiger partial charge in [-0.1, -0.05) is 20.3 Å². The molecule has 0 aromatic carbocycles. The molecule has 3 heteroatoms. The van der Waals surface area contributed by atoms with Gasteiger partial charge < -0.3 is 11.1 Å². The minimum absolute atomic E-state index is 0.185. The molecule has 1 amide bonds. The molecule has 104 valence electrons. The zero-order valence-corrected chi connectivity index (χ0v) is 11.9. The number of amides is 1. The van der Waals surface area contributed by atoms with Gasteiger partial charge in [0, 0.05) is 12.5 Å². The Morgan fingerprint density at radius 3 is 2.67 bits per heavy atom. The summed E-state index contributed by atoms with van der Waals surface area (Å²) in [6.07, 6.45) is 7.15. The fourth-order valence-electron chi connectivity index (χ4n) is 3.57. The number of nitrogens with one attached hydrogen (secondary N) is 1. The van der Waals surface area contributed by atoms with Crippen molar-refractivity contribution in [1.29, 1.82) is 0 Å². The highest BCUT2D eigenvalue weighted by atomic mass is 16.1. The fourth-order valence-corrected chi connectivity index (χ4v) is 3.57. The second kappa shape index (κ2) is 5.60. The molecule has 2 fully saturated rings. The van der Waals surface area contributed by atoms with Crippen LogP contribution >= 0.6 is 0 Å². The van der Waals surface area contributed by atoms with Gasteiger partial charge in [-0.25, -0.2) is 0 Å². The molecule has 0 aliphatic heterocycles. The van der Waals surface area contributed by atoms with Crippen LogP contribution in [0, 0.1) is 23.2 Å². The lowest BCUT2D eigenvalue weighted by Crippen LogP contribution is -2.38. The van der Waals surface area contributed by atoms with Crippen LogP contribution < -0.4 is 11.1 Å². The zero-order valence-electron chi connectivity index (χ0n) is 11.9. The fraction of sp³-hybridized carbons (Fsp3) is 0.933. The van der Waals surface area contributed by atoms with Crippen molar-refractivity contribution in [2.24, 2.45) is 28.9 Å². The smallest absolute Gasteiger partial charge is 0.223 e. The van der Waals surface area contributed by atoms with Gasteiger partial charge in [0.2, 0.25) is 5.91 Å². The zero-order chi connectivity index (χ0) is 13.2. The maximum absolute atomic E-state index is 12.2. The number of hydrogen-bond donors (Lipinski definition) is 2. The van der Waals surface area contributed by atoms with Crippen molar-refractivity contribution in [1.82, 2.24) is 5.32 Å². The Bertz CT molecular complexity index is 297. The number of carbonyl (C=O) groups is 1. The van der Waals surface area contributed by atoms with Crippen molar-refractivity contribution in [2.75, 3.05) is 13.1 Å². The van der Waals surface area contributed by atoms with Gasteiger partial charge in [0.25, 0.3) is 0 Å². The molecule has 2 rings (SSSR count). The molecule has 0 spiro atoms. The molecule has 2 aliphatic carbocycles. The van der Waals surface area contributed by atoms with Crippen LogP contribution in [0.5, 0.6) is 0 Å². The Hall–Kier alpha value is -0.570. The van der Waals surface area contributed by atoms with E-state index >= 15 is 0 Å². The molecule has 0 radical (unpaired) electrons. The summed E-state index contributed by atoms with van der Waals surface area (Å²) in [4.78, 5) is 12.2. The van der Waals surface area contributed by atoms with Gasteiger partial charge in [0.05, 0.1) is 0 Å². The first-order valence-electron chi connectivity index (χ1n) is 7.54. The highest BCUT2D eigenvalue weighted by molar-refractivity contribution is 5.79. The van der Waals surface area contributed by atoms with Crippen molar-refractivity contribution >= 4 is 5.91 Å². The summed E-state index contributed by atoms with van der Waals surface area (Å²) in [5.41, 5.74) is 6.17. The van der Waals surface area contributed by atoms with Crippen molar-refractivity contribution in [2.45, 2.75) is 52.4 Å². The molecule has 0 saturated heterocycles. The molecule has 2 aliphatic rings. The van der Waals surface area contributed by atoms with Gasteiger partial charge in [-0.2, -0.15) is 0 Å². The predicted octanol–water partition coefficient (Wildman–Crippen LogP) is 2.30. The van der Waals surface area contributed by atoms with Crippen LogP contribution in [0.2, 0.25) is 0 Å². The molecule has 3 N–H and O–H groups in total. The second-order valence-corrected chi connectivity index (χ2v) is 6.85. The molecule has 2 saturated carbocycles. The van der Waals surface area contributed by atoms with E-state index in [0.717, 1.165) is 31.7 Å². The van der Waals surface area contributed by atoms with Gasteiger partial charge in [-0.05, 0) is 55.9 Å². The summed E-state index contributed by atoms with van der Waals surface area (Å²) >= 11 is 0. The molecule has 0 unspecified atom stereocenters. The van der Waals surface area contributed by atoms with Crippen LogP contribution in [0.25, 0.3) is 0 Å². The maximum Gasteiger partial charge on any atom is 0.223 e. The van der Waals surface area contributed by atoms with E-state index in [1.807, 2.05) is 0 Å². The SMILES string of the molecule is CC(C)CC1(CNC(=O)[C@@H]2CCC[C@@H]2CN)CC1. The van der Waals surface area contributed by atoms with Crippen LogP contribution in [0.1, 0.15) is 52.4 Å². The molecule has 3 nitrogen and oxygen atoms in total. The minimum Gasteiger partial charge on any atom is -0.355 e. The number of carbonyl (C=O) groups excluding carboxylic acids is 1. The second-order valence-electron chi connectivity index (χ2n) is 6.85. The summed E-state index contributed by atoms with van der Waals surface area (Å²) in [5.74, 6) is 1.60. The Labute approximate surface area is 111 Å². The van der Waals surface area contributed by atoms with Gasteiger partial charge in [0.15, 0.2) is 0 Å². The summed E-state index contributed by atoms with van der Waals surface area (Å²) < 4.78 is 0. The lowest BCUT2D eigenvalue weighted by atomic mass is 9.92. The summed E-state index contributed by atoms with van der Waals surface area (Å²) in [6, 6.07) is 0. The van der Waals surface area contributed by atoms with Gasteiger partial charge >= 0.3 is 0 Å². The Kier molecular flexibility index (Phi) is 4.31. The first kappa shape index (κ1) is 13.9. The lowest BCUT2D eigenvalue weighted by Gasteiger charge is -2.22. The Morgan fingerprint density at radius 2 is 2.11 bits per heavy atom. The molecular formula is C15H28N2O. The highest BCUT2D eigenvalue weighted by Crippen LogP contribution is 2.50. The molecular weight excluding hydrogens is 224 g/mol. The normalized spacial score (nSPS) is 29.6. The van der Waals surface area contributed by atoms with E-state index in [9.17, 15) is 4.79 Å². The van der Waals surface area contributed by atoms with Crippen molar-refractivity contribution in [3.63, 3.8) is 0 Å². The van der Waals surface area contributed by atoms with Crippen LogP contribution in [-0.2, 0) is 4.79 Å². The summed E-state index contributed by atoms with van der Waals surface area (Å²) in [6.45, 7) is 6.08. The third-order valence-corrected chi connectivity index (χ3v) is 4.73. The largest absolute Gasteiger partial charge is 0.355 e.